The highest BCUT2D eigenvalue weighted by Gasteiger charge is 2.50. The van der Waals surface area contributed by atoms with E-state index < -0.39 is 10.0 Å². The van der Waals surface area contributed by atoms with Crippen LogP contribution in [0.5, 0.6) is 0 Å². The number of hydrogen-bond donors (Lipinski definition) is 0. The van der Waals surface area contributed by atoms with Crippen LogP contribution in [-0.2, 0) is 14.8 Å². The summed E-state index contributed by atoms with van der Waals surface area (Å²) in [6, 6.07) is 10.5. The zero-order chi connectivity index (χ0) is 18.4. The molecule has 4 rings (SSSR count). The van der Waals surface area contributed by atoms with E-state index in [0.717, 1.165) is 5.69 Å². The second-order valence-corrected chi connectivity index (χ2v) is 9.66. The summed E-state index contributed by atoms with van der Waals surface area (Å²) in [5.74, 6) is 0.0564. The minimum absolute atomic E-state index is 0.0564. The van der Waals surface area contributed by atoms with E-state index in [-0.39, 0.29) is 11.4 Å². The van der Waals surface area contributed by atoms with Crippen LogP contribution in [0.4, 0.5) is 5.69 Å². The monoisotopic (exact) mass is 391 g/mol. The van der Waals surface area contributed by atoms with Crippen LogP contribution >= 0.6 is 11.3 Å². The normalized spacial score (nSPS) is 25.3. The van der Waals surface area contributed by atoms with E-state index in [0.29, 0.717) is 37.5 Å². The van der Waals surface area contributed by atoms with E-state index in [4.69, 9.17) is 0 Å². The highest BCUT2D eigenvalue weighted by Crippen LogP contribution is 2.36. The van der Waals surface area contributed by atoms with Crippen LogP contribution in [0.2, 0.25) is 0 Å². The molecule has 0 bridgehead atoms. The molecule has 2 aliphatic heterocycles. The molecule has 26 heavy (non-hydrogen) atoms. The summed E-state index contributed by atoms with van der Waals surface area (Å²) in [5, 5.41) is 3.92. The maximum Gasteiger partial charge on any atom is 0.243 e. The Labute approximate surface area is 157 Å². The number of thiophene rings is 1. The van der Waals surface area contributed by atoms with Crippen LogP contribution in [0, 0.1) is 0 Å². The standard InChI is InChI=1S/C18H21N3O3S2/c1-19-11-17(22)21(15-7-10-25-12-15)14-18(19)8-9-20(13-18)26(23,24)16-5-3-2-4-6-16/h2-7,10,12H,8-9,11,13-14H2,1H3/t18-/m1/s1. The van der Waals surface area contributed by atoms with Crippen LogP contribution in [0.15, 0.2) is 52.1 Å². The molecular weight excluding hydrogens is 370 g/mol. The molecule has 0 saturated carbocycles. The Morgan fingerprint density at radius 3 is 2.58 bits per heavy atom. The first-order valence-electron chi connectivity index (χ1n) is 8.51. The van der Waals surface area contributed by atoms with Gasteiger partial charge < -0.3 is 4.90 Å². The van der Waals surface area contributed by atoms with Gasteiger partial charge in [0.05, 0.1) is 22.7 Å². The molecule has 0 aliphatic carbocycles. The van der Waals surface area contributed by atoms with E-state index in [1.165, 1.54) is 0 Å². The molecular formula is C18H21N3O3S2. The van der Waals surface area contributed by atoms with Gasteiger partial charge in [0.1, 0.15) is 0 Å². The van der Waals surface area contributed by atoms with Gasteiger partial charge in [-0.15, -0.1) is 0 Å². The number of hydrogen-bond acceptors (Lipinski definition) is 5. The minimum atomic E-state index is -3.52. The highest BCUT2D eigenvalue weighted by molar-refractivity contribution is 7.89. The summed E-state index contributed by atoms with van der Waals surface area (Å²) < 4.78 is 27.5. The smallest absolute Gasteiger partial charge is 0.243 e. The Morgan fingerprint density at radius 2 is 1.88 bits per heavy atom. The number of piperazine rings is 1. The first kappa shape index (κ1) is 17.7. The molecule has 138 valence electrons. The summed E-state index contributed by atoms with van der Waals surface area (Å²) in [6.07, 6.45) is 0.712. The number of anilines is 1. The zero-order valence-electron chi connectivity index (χ0n) is 14.5. The van der Waals surface area contributed by atoms with Gasteiger partial charge in [-0.1, -0.05) is 18.2 Å². The predicted octanol–water partition coefficient (Wildman–Crippen LogP) is 1.86. The van der Waals surface area contributed by atoms with E-state index in [9.17, 15) is 13.2 Å². The van der Waals surface area contributed by atoms with Gasteiger partial charge in [-0.2, -0.15) is 15.6 Å². The summed E-state index contributed by atoms with van der Waals surface area (Å²) >= 11 is 1.56. The SMILES string of the molecule is CN1CC(=O)N(c2ccsc2)C[C@]12CCN(S(=O)(=O)c1ccccc1)C2. The lowest BCUT2D eigenvalue weighted by atomic mass is 9.93. The summed E-state index contributed by atoms with van der Waals surface area (Å²) in [4.78, 5) is 16.6. The quantitative estimate of drug-likeness (QED) is 0.801. The minimum Gasteiger partial charge on any atom is -0.309 e. The molecule has 0 N–H and O–H groups in total. The van der Waals surface area contributed by atoms with Crippen molar-refractivity contribution in [1.29, 1.82) is 0 Å². The van der Waals surface area contributed by atoms with E-state index in [2.05, 4.69) is 0 Å². The Balaban J connectivity index is 1.61. The van der Waals surface area contributed by atoms with Gasteiger partial charge in [-0.05, 0) is 37.0 Å². The fraction of sp³-hybridized carbons (Fsp3) is 0.389. The van der Waals surface area contributed by atoms with Crippen LogP contribution in [0.1, 0.15) is 6.42 Å². The number of sulfonamides is 1. The topological polar surface area (TPSA) is 60.9 Å². The Bertz CT molecular complexity index is 899. The molecule has 6 nitrogen and oxygen atoms in total. The number of amides is 1. The number of rotatable bonds is 3. The Morgan fingerprint density at radius 1 is 1.12 bits per heavy atom. The van der Waals surface area contributed by atoms with Gasteiger partial charge in [0.25, 0.3) is 0 Å². The van der Waals surface area contributed by atoms with Crippen molar-refractivity contribution in [2.75, 3.05) is 38.1 Å². The van der Waals surface area contributed by atoms with Gasteiger partial charge in [0.15, 0.2) is 0 Å². The van der Waals surface area contributed by atoms with Gasteiger partial charge in [-0.25, -0.2) is 8.42 Å². The Kier molecular flexibility index (Phi) is 4.38. The van der Waals surface area contributed by atoms with Crippen molar-refractivity contribution >= 4 is 33.0 Å². The second kappa shape index (κ2) is 6.45. The molecule has 1 aromatic heterocycles. The third-order valence-corrected chi connectivity index (χ3v) is 7.96. The van der Waals surface area contributed by atoms with Crippen LogP contribution in [0.3, 0.4) is 0 Å². The van der Waals surface area contributed by atoms with Crippen LogP contribution in [-0.4, -0.2) is 62.3 Å². The van der Waals surface area contributed by atoms with Crippen molar-refractivity contribution in [2.24, 2.45) is 0 Å². The van der Waals surface area contributed by atoms with Crippen molar-refractivity contribution in [2.45, 2.75) is 16.9 Å². The molecule has 0 unspecified atom stereocenters. The van der Waals surface area contributed by atoms with Crippen LogP contribution < -0.4 is 4.90 Å². The Hall–Kier alpha value is -1.74. The maximum atomic E-state index is 13.0. The molecule has 2 saturated heterocycles. The molecule has 2 fully saturated rings. The average Bonchev–Trinajstić information content (AvgIpc) is 3.30. The summed E-state index contributed by atoms with van der Waals surface area (Å²) in [7, 11) is -1.60. The fourth-order valence-electron chi connectivity index (χ4n) is 3.81. The molecule has 1 aromatic carbocycles. The third kappa shape index (κ3) is 2.87. The van der Waals surface area contributed by atoms with Gasteiger partial charge in [0, 0.05) is 25.0 Å². The van der Waals surface area contributed by atoms with Crippen molar-refractivity contribution in [1.82, 2.24) is 9.21 Å². The van der Waals surface area contributed by atoms with Gasteiger partial charge in [-0.3, -0.25) is 9.69 Å². The first-order valence-corrected chi connectivity index (χ1v) is 10.9. The number of carbonyl (C=O) groups excluding carboxylic acids is 1. The molecule has 3 heterocycles. The van der Waals surface area contributed by atoms with Crippen molar-refractivity contribution in [3.05, 3.63) is 47.2 Å². The fourth-order valence-corrected chi connectivity index (χ4v) is 5.99. The number of likely N-dealkylation sites (N-methyl/N-ethyl adjacent to an activating group) is 1. The molecule has 2 aliphatic rings. The molecule has 0 radical (unpaired) electrons. The molecule has 2 aromatic rings. The first-order chi connectivity index (χ1) is 12.4. The summed E-state index contributed by atoms with van der Waals surface area (Å²) in [5.41, 5.74) is 0.550. The van der Waals surface area contributed by atoms with Crippen molar-refractivity contribution < 1.29 is 13.2 Å². The number of carbonyl (C=O) groups is 1. The largest absolute Gasteiger partial charge is 0.309 e. The number of nitrogens with zero attached hydrogens (tertiary/aromatic N) is 3. The third-order valence-electron chi connectivity index (χ3n) is 5.43. The van der Waals surface area contributed by atoms with Gasteiger partial charge >= 0.3 is 0 Å². The lowest BCUT2D eigenvalue weighted by Crippen LogP contribution is -2.64. The second-order valence-electron chi connectivity index (χ2n) is 6.94. The lowest BCUT2D eigenvalue weighted by molar-refractivity contribution is -0.123. The van der Waals surface area contributed by atoms with E-state index >= 15 is 0 Å². The highest BCUT2D eigenvalue weighted by atomic mass is 32.2. The maximum absolute atomic E-state index is 13.0. The van der Waals surface area contributed by atoms with Crippen molar-refractivity contribution in [3.63, 3.8) is 0 Å². The molecule has 1 atom stereocenters. The van der Waals surface area contributed by atoms with E-state index in [1.54, 1.807) is 44.8 Å². The number of benzene rings is 1. The zero-order valence-corrected chi connectivity index (χ0v) is 16.2. The predicted molar refractivity (Wildman–Crippen MR) is 102 cm³/mol. The molecule has 8 heteroatoms. The average molecular weight is 392 g/mol. The van der Waals surface area contributed by atoms with Crippen molar-refractivity contribution in [3.8, 4) is 0 Å². The molecule has 1 spiro atoms. The van der Waals surface area contributed by atoms with Crippen LogP contribution in [0.25, 0.3) is 0 Å². The lowest BCUT2D eigenvalue weighted by Gasteiger charge is -2.46. The van der Waals surface area contributed by atoms with E-state index in [1.807, 2.05) is 34.8 Å². The van der Waals surface area contributed by atoms with Gasteiger partial charge in [0.2, 0.25) is 15.9 Å². The molecule has 1 amide bonds. The summed E-state index contributed by atoms with van der Waals surface area (Å²) in [6.45, 7) is 1.68.